The van der Waals surface area contributed by atoms with Crippen LogP contribution < -0.4 is 4.74 Å². The number of halogens is 1. The number of carbonyl (C=O) groups is 1. The van der Waals surface area contributed by atoms with Crippen molar-refractivity contribution in [1.29, 1.82) is 0 Å². The normalized spacial score (nSPS) is 9.00. The molecule has 1 aromatic rings. The summed E-state index contributed by atoms with van der Waals surface area (Å²) in [6, 6.07) is 4.54. The molecule has 0 aliphatic carbocycles. The van der Waals surface area contributed by atoms with Gasteiger partial charge in [0.2, 0.25) is 0 Å². The number of methoxy groups -OCH3 is 1. The SMILES string of the molecule is COc1cc(C(=O)C=[N+]=[N-])ccc1Cl. The summed E-state index contributed by atoms with van der Waals surface area (Å²) in [4.78, 5) is 13.9. The maximum absolute atomic E-state index is 11.2. The van der Waals surface area contributed by atoms with Crippen molar-refractivity contribution in [2.45, 2.75) is 0 Å². The third-order valence-corrected chi connectivity index (χ3v) is 1.92. The van der Waals surface area contributed by atoms with Gasteiger partial charge in [-0.25, -0.2) is 0 Å². The molecule has 0 saturated carbocycles. The number of ether oxygens (including phenoxy) is 1. The maximum Gasteiger partial charge on any atom is 0.328 e. The van der Waals surface area contributed by atoms with Crippen molar-refractivity contribution >= 4 is 23.6 Å². The standard InChI is InChI=1S/C9H7ClN2O2/c1-14-9-4-6(2-3-7(9)10)8(13)5-12-11/h2-5H,1H3. The van der Waals surface area contributed by atoms with Gasteiger partial charge in [-0.2, -0.15) is 4.79 Å². The van der Waals surface area contributed by atoms with Crippen LogP contribution in [0, 0.1) is 0 Å². The summed E-state index contributed by atoms with van der Waals surface area (Å²) in [5, 5.41) is 0.421. The van der Waals surface area contributed by atoms with E-state index in [4.69, 9.17) is 21.9 Å². The molecular weight excluding hydrogens is 204 g/mol. The Balaban J connectivity index is 3.12. The lowest BCUT2D eigenvalue weighted by Gasteiger charge is -2.02. The van der Waals surface area contributed by atoms with Crippen LogP contribution in [0.3, 0.4) is 0 Å². The minimum Gasteiger partial charge on any atom is -0.495 e. The summed E-state index contributed by atoms with van der Waals surface area (Å²) < 4.78 is 4.92. The number of benzene rings is 1. The summed E-state index contributed by atoms with van der Waals surface area (Å²) in [6.07, 6.45) is 0.808. The minimum atomic E-state index is -0.414. The zero-order valence-corrected chi connectivity index (χ0v) is 8.15. The second kappa shape index (κ2) is 4.56. The van der Waals surface area contributed by atoms with Crippen LogP contribution >= 0.6 is 11.6 Å². The van der Waals surface area contributed by atoms with Crippen LogP contribution in [0.1, 0.15) is 10.4 Å². The molecule has 1 rings (SSSR count). The zero-order valence-electron chi connectivity index (χ0n) is 7.40. The molecule has 0 N–H and O–H groups in total. The van der Waals surface area contributed by atoms with E-state index in [0.717, 1.165) is 6.21 Å². The van der Waals surface area contributed by atoms with Gasteiger partial charge in [0.15, 0.2) is 0 Å². The van der Waals surface area contributed by atoms with E-state index in [1.165, 1.54) is 19.2 Å². The van der Waals surface area contributed by atoms with E-state index in [-0.39, 0.29) is 0 Å². The monoisotopic (exact) mass is 210 g/mol. The molecule has 0 unspecified atom stereocenters. The highest BCUT2D eigenvalue weighted by molar-refractivity contribution is 6.35. The molecule has 0 heterocycles. The predicted molar refractivity (Wildman–Crippen MR) is 52.0 cm³/mol. The van der Waals surface area contributed by atoms with Gasteiger partial charge in [0.1, 0.15) is 5.75 Å². The molecule has 4 nitrogen and oxygen atoms in total. The van der Waals surface area contributed by atoms with Crippen molar-refractivity contribution in [3.05, 3.63) is 34.3 Å². The Morgan fingerprint density at radius 1 is 1.64 bits per heavy atom. The van der Waals surface area contributed by atoms with Crippen LogP contribution in [0.5, 0.6) is 5.75 Å². The fourth-order valence-electron chi connectivity index (χ4n) is 0.940. The van der Waals surface area contributed by atoms with Crippen molar-refractivity contribution in [2.75, 3.05) is 7.11 Å². The molecule has 5 heteroatoms. The van der Waals surface area contributed by atoms with Gasteiger partial charge in [-0.3, -0.25) is 4.79 Å². The number of carbonyl (C=O) groups excluding carboxylic acids is 1. The number of nitrogens with zero attached hydrogens (tertiary/aromatic N) is 2. The fourth-order valence-corrected chi connectivity index (χ4v) is 1.13. The van der Waals surface area contributed by atoms with Crippen molar-refractivity contribution in [3.63, 3.8) is 0 Å². The van der Waals surface area contributed by atoms with Crippen LogP contribution in [0.2, 0.25) is 5.02 Å². The lowest BCUT2D eigenvalue weighted by Crippen LogP contribution is -2.01. The molecule has 1 aromatic carbocycles. The van der Waals surface area contributed by atoms with Gasteiger partial charge in [0.05, 0.1) is 12.1 Å². The van der Waals surface area contributed by atoms with Crippen LogP contribution in [-0.4, -0.2) is 23.9 Å². The van der Waals surface area contributed by atoms with Gasteiger partial charge < -0.3 is 10.3 Å². The van der Waals surface area contributed by atoms with Crippen LogP contribution in [-0.2, 0) is 0 Å². The molecule has 0 bridgehead atoms. The number of ketones is 1. The minimum absolute atomic E-state index is 0.351. The van der Waals surface area contributed by atoms with E-state index in [1.54, 1.807) is 6.07 Å². The van der Waals surface area contributed by atoms with Gasteiger partial charge >= 0.3 is 6.21 Å². The molecule has 0 fully saturated rings. The first kappa shape index (κ1) is 10.4. The number of hydrogen-bond donors (Lipinski definition) is 0. The predicted octanol–water partition coefficient (Wildman–Crippen LogP) is 1.83. The Labute approximate surface area is 85.7 Å². The highest BCUT2D eigenvalue weighted by atomic mass is 35.5. The first-order valence-corrected chi connectivity index (χ1v) is 4.12. The Morgan fingerprint density at radius 3 is 2.93 bits per heavy atom. The quantitative estimate of drug-likeness (QED) is 0.331. The molecule has 0 atom stereocenters. The first-order valence-electron chi connectivity index (χ1n) is 3.74. The molecule has 0 radical (unpaired) electrons. The smallest absolute Gasteiger partial charge is 0.328 e. The largest absolute Gasteiger partial charge is 0.495 e. The lowest BCUT2D eigenvalue weighted by molar-refractivity contribution is 0.00235. The highest BCUT2D eigenvalue weighted by Crippen LogP contribution is 2.24. The number of rotatable bonds is 3. The average Bonchev–Trinajstić information content (AvgIpc) is 2.19. The summed E-state index contributed by atoms with van der Waals surface area (Å²) in [5.41, 5.74) is 8.52. The third-order valence-electron chi connectivity index (χ3n) is 1.61. The van der Waals surface area contributed by atoms with Crippen molar-refractivity contribution in [1.82, 2.24) is 0 Å². The lowest BCUT2D eigenvalue weighted by atomic mass is 10.1. The number of hydrogen-bond acceptors (Lipinski definition) is 2. The fraction of sp³-hybridized carbons (Fsp3) is 0.111. The summed E-state index contributed by atoms with van der Waals surface area (Å²) >= 11 is 5.76. The number of Topliss-reactive ketones (excluding diaryl/α,β-unsaturated/α-hetero) is 1. The molecule has 0 aromatic heterocycles. The van der Waals surface area contributed by atoms with E-state index < -0.39 is 5.78 Å². The van der Waals surface area contributed by atoms with Crippen LogP contribution in [0.15, 0.2) is 18.2 Å². The van der Waals surface area contributed by atoms with Crippen molar-refractivity contribution in [2.24, 2.45) is 0 Å². The Morgan fingerprint density at radius 2 is 2.36 bits per heavy atom. The van der Waals surface area contributed by atoms with Crippen LogP contribution in [0.4, 0.5) is 0 Å². The molecule has 0 saturated heterocycles. The molecule has 14 heavy (non-hydrogen) atoms. The van der Waals surface area contributed by atoms with E-state index in [0.29, 0.717) is 16.3 Å². The van der Waals surface area contributed by atoms with Crippen LogP contribution in [0.25, 0.3) is 5.53 Å². The molecule has 0 spiro atoms. The second-order valence-electron chi connectivity index (χ2n) is 2.46. The maximum atomic E-state index is 11.2. The molecule has 0 amide bonds. The van der Waals surface area contributed by atoms with E-state index >= 15 is 0 Å². The average molecular weight is 211 g/mol. The Kier molecular flexibility index (Phi) is 3.40. The summed E-state index contributed by atoms with van der Waals surface area (Å²) in [6.45, 7) is 0. The van der Waals surface area contributed by atoms with Gasteiger partial charge in [-0.05, 0) is 18.2 Å². The van der Waals surface area contributed by atoms with Gasteiger partial charge in [-0.1, -0.05) is 11.6 Å². The van der Waals surface area contributed by atoms with Gasteiger partial charge in [-0.15, -0.1) is 0 Å². The molecular formula is C9H7ClN2O2. The van der Waals surface area contributed by atoms with E-state index in [9.17, 15) is 4.79 Å². The van der Waals surface area contributed by atoms with Gasteiger partial charge in [0.25, 0.3) is 5.78 Å². The highest BCUT2D eigenvalue weighted by Gasteiger charge is 2.09. The summed E-state index contributed by atoms with van der Waals surface area (Å²) in [5.74, 6) is -0.00803. The topological polar surface area (TPSA) is 62.7 Å². The third kappa shape index (κ3) is 2.19. The molecule has 0 aliphatic heterocycles. The Hall–Kier alpha value is -1.64. The Bertz CT molecular complexity index is 411. The summed E-state index contributed by atoms with van der Waals surface area (Å²) in [7, 11) is 1.45. The zero-order chi connectivity index (χ0) is 10.6. The van der Waals surface area contributed by atoms with E-state index in [1.807, 2.05) is 0 Å². The molecule has 0 aliphatic rings. The van der Waals surface area contributed by atoms with Gasteiger partial charge in [0, 0.05) is 5.56 Å². The molecule has 72 valence electrons. The second-order valence-corrected chi connectivity index (χ2v) is 2.87. The van der Waals surface area contributed by atoms with Crippen molar-refractivity contribution < 1.29 is 14.3 Å². The van der Waals surface area contributed by atoms with Crippen molar-refractivity contribution in [3.8, 4) is 5.75 Å². The first-order chi connectivity index (χ1) is 6.69. The van der Waals surface area contributed by atoms with E-state index in [2.05, 4.69) is 4.79 Å².